The molecule has 2 atom stereocenters. The first-order valence-electron chi connectivity index (χ1n) is 13.8. The van der Waals surface area contributed by atoms with E-state index in [1.54, 1.807) is 7.11 Å². The van der Waals surface area contributed by atoms with Gasteiger partial charge < -0.3 is 14.5 Å². The topological polar surface area (TPSA) is 98.2 Å². The van der Waals surface area contributed by atoms with Gasteiger partial charge in [-0.1, -0.05) is 31.5 Å². The Balaban J connectivity index is 1.55. The van der Waals surface area contributed by atoms with E-state index in [-0.39, 0.29) is 17.7 Å². The summed E-state index contributed by atoms with van der Waals surface area (Å²) in [6.07, 6.45) is 3.96. The number of nitrogens with zero attached hydrogens (tertiary/aromatic N) is 5. The molecule has 1 saturated heterocycles. The van der Waals surface area contributed by atoms with Crippen molar-refractivity contribution in [2.24, 2.45) is 0 Å². The van der Waals surface area contributed by atoms with E-state index in [1.165, 1.54) is 5.56 Å². The minimum absolute atomic E-state index is 0.0787. The number of para-hydroxylation sites is 1. The van der Waals surface area contributed by atoms with Crippen LogP contribution < -0.4 is 10.3 Å². The molecule has 0 bridgehead atoms. The third-order valence-electron chi connectivity index (χ3n) is 7.74. The highest BCUT2D eigenvalue weighted by molar-refractivity contribution is 5.80. The van der Waals surface area contributed by atoms with Crippen LogP contribution in [0.1, 0.15) is 66.7 Å². The number of rotatable bonds is 11. The van der Waals surface area contributed by atoms with Crippen LogP contribution in [0.15, 0.2) is 47.3 Å². The van der Waals surface area contributed by atoms with Crippen molar-refractivity contribution < 1.29 is 9.47 Å². The van der Waals surface area contributed by atoms with Crippen molar-refractivity contribution in [3.8, 4) is 5.75 Å². The van der Waals surface area contributed by atoms with E-state index in [0.717, 1.165) is 65.9 Å². The number of fused-ring (bicyclic) bond motifs is 1. The van der Waals surface area contributed by atoms with Gasteiger partial charge in [0.15, 0.2) is 5.82 Å². The zero-order chi connectivity index (χ0) is 27.4. The van der Waals surface area contributed by atoms with E-state index in [0.29, 0.717) is 25.2 Å². The minimum Gasteiger partial charge on any atom is -0.496 e. The number of aryl methyl sites for hydroxylation is 2. The van der Waals surface area contributed by atoms with Gasteiger partial charge in [0.2, 0.25) is 0 Å². The van der Waals surface area contributed by atoms with Crippen LogP contribution in [0.5, 0.6) is 5.75 Å². The van der Waals surface area contributed by atoms with Crippen molar-refractivity contribution in [3.05, 3.63) is 80.9 Å². The fraction of sp³-hybridized carbons (Fsp3) is 0.467. The van der Waals surface area contributed by atoms with Crippen LogP contribution >= 0.6 is 0 Å². The average molecular weight is 531 g/mol. The normalized spacial score (nSPS) is 16.3. The van der Waals surface area contributed by atoms with E-state index in [9.17, 15) is 4.79 Å². The van der Waals surface area contributed by atoms with Gasteiger partial charge in [0.25, 0.3) is 5.56 Å². The number of aromatic amines is 1. The lowest BCUT2D eigenvalue weighted by atomic mass is 10.0. The number of ether oxygens (including phenoxy) is 2. The number of hydrogen-bond donors (Lipinski definition) is 1. The Hall–Kier alpha value is -3.56. The second-order valence-corrected chi connectivity index (χ2v) is 10.5. The number of aromatic nitrogens is 5. The van der Waals surface area contributed by atoms with Crippen molar-refractivity contribution >= 4 is 10.9 Å². The van der Waals surface area contributed by atoms with E-state index >= 15 is 0 Å². The van der Waals surface area contributed by atoms with Crippen LogP contribution in [0.3, 0.4) is 0 Å². The maximum Gasteiger partial charge on any atom is 0.252 e. The van der Waals surface area contributed by atoms with Crippen LogP contribution in [0.4, 0.5) is 0 Å². The molecule has 1 aliphatic rings. The summed E-state index contributed by atoms with van der Waals surface area (Å²) in [7, 11) is 1.69. The van der Waals surface area contributed by atoms with Crippen molar-refractivity contribution in [1.29, 1.82) is 0 Å². The molecule has 9 nitrogen and oxygen atoms in total. The Labute approximate surface area is 229 Å². The Morgan fingerprint density at radius 3 is 2.72 bits per heavy atom. The molecule has 5 rings (SSSR count). The van der Waals surface area contributed by atoms with Gasteiger partial charge in [-0.05, 0) is 84.3 Å². The third-order valence-corrected chi connectivity index (χ3v) is 7.74. The number of pyridine rings is 1. The highest BCUT2D eigenvalue weighted by atomic mass is 16.5. The van der Waals surface area contributed by atoms with Crippen LogP contribution in [0, 0.1) is 13.8 Å². The molecule has 0 saturated carbocycles. The highest BCUT2D eigenvalue weighted by Crippen LogP contribution is 2.31. The Bertz CT molecular complexity index is 1470. The third kappa shape index (κ3) is 6.04. The summed E-state index contributed by atoms with van der Waals surface area (Å²) >= 11 is 0. The second-order valence-electron chi connectivity index (χ2n) is 10.5. The summed E-state index contributed by atoms with van der Waals surface area (Å²) in [5.74, 6) is 1.61. The van der Waals surface area contributed by atoms with Crippen LogP contribution in [0.2, 0.25) is 0 Å². The molecule has 0 aliphatic carbocycles. The summed E-state index contributed by atoms with van der Waals surface area (Å²) in [5, 5.41) is 13.9. The number of methoxy groups -OCH3 is 1. The molecular weight excluding hydrogens is 492 g/mol. The van der Waals surface area contributed by atoms with Crippen molar-refractivity contribution in [1.82, 2.24) is 30.1 Å². The minimum atomic E-state index is -0.105. The van der Waals surface area contributed by atoms with Gasteiger partial charge in [-0.3, -0.25) is 9.69 Å². The smallest absolute Gasteiger partial charge is 0.252 e. The maximum atomic E-state index is 13.3. The lowest BCUT2D eigenvalue weighted by molar-refractivity contribution is 0.0884. The summed E-state index contributed by atoms with van der Waals surface area (Å²) in [5.41, 5.74) is 4.88. The first-order valence-corrected chi connectivity index (χ1v) is 13.8. The van der Waals surface area contributed by atoms with E-state index in [1.807, 2.05) is 35.0 Å². The molecular formula is C30H38N6O3. The van der Waals surface area contributed by atoms with Gasteiger partial charge >= 0.3 is 0 Å². The molecule has 1 aliphatic heterocycles. The van der Waals surface area contributed by atoms with E-state index in [2.05, 4.69) is 58.3 Å². The predicted molar refractivity (Wildman–Crippen MR) is 151 cm³/mol. The number of tetrazole rings is 1. The Morgan fingerprint density at radius 2 is 1.95 bits per heavy atom. The Kier molecular flexibility index (Phi) is 8.38. The lowest BCUT2D eigenvalue weighted by Crippen LogP contribution is -2.33. The number of benzene rings is 2. The first kappa shape index (κ1) is 27.0. The average Bonchev–Trinajstić information content (AvgIpc) is 3.61. The van der Waals surface area contributed by atoms with Gasteiger partial charge in [0.05, 0.1) is 25.8 Å². The molecule has 3 heterocycles. The quantitative estimate of drug-likeness (QED) is 0.296. The monoisotopic (exact) mass is 530 g/mol. The molecule has 39 heavy (non-hydrogen) atoms. The zero-order valence-electron chi connectivity index (χ0n) is 23.3. The maximum absolute atomic E-state index is 13.3. The number of nitrogens with one attached hydrogen (secondary N) is 1. The molecule has 9 heteroatoms. The Morgan fingerprint density at radius 1 is 1.15 bits per heavy atom. The molecule has 0 spiro atoms. The SMILES string of the molecule is CCC[C@@H](c1nnnn1C[C@@H]1CCCO1)N(Cc1ccccc1OC)Cc1cc2cc(C)c(C)cc2[nH]c1=O. The standard InChI is InChI=1S/C30H38N6O3/c1-5-9-27(29-32-33-34-36(29)19-25-11-8-13-39-25)35(17-22-10-6-7-12-28(22)38-4)18-24-16-23-14-20(2)21(3)15-26(23)31-30(24)37/h6-7,10,12,14-16,25,27H,5,8-9,11,13,17-19H2,1-4H3,(H,31,37)/t25-,27-/m0/s1. The van der Waals surface area contributed by atoms with Crippen LogP contribution in [-0.2, 0) is 24.4 Å². The van der Waals surface area contributed by atoms with Crippen LogP contribution in [-0.4, -0.2) is 49.9 Å². The zero-order valence-corrected chi connectivity index (χ0v) is 23.3. The molecule has 0 radical (unpaired) electrons. The van der Waals surface area contributed by atoms with Gasteiger partial charge in [-0.2, -0.15) is 0 Å². The molecule has 0 amide bonds. The molecule has 4 aromatic rings. The molecule has 206 valence electrons. The predicted octanol–water partition coefficient (Wildman–Crippen LogP) is 4.86. The summed E-state index contributed by atoms with van der Waals surface area (Å²) in [6.45, 7) is 8.74. The molecule has 2 aromatic heterocycles. The number of H-pyrrole nitrogens is 1. The molecule has 2 aromatic carbocycles. The fourth-order valence-corrected chi connectivity index (χ4v) is 5.50. The largest absolute Gasteiger partial charge is 0.496 e. The van der Waals surface area contributed by atoms with Crippen molar-refractivity contribution in [2.45, 2.75) is 78.2 Å². The van der Waals surface area contributed by atoms with Crippen molar-refractivity contribution in [3.63, 3.8) is 0 Å². The van der Waals surface area contributed by atoms with E-state index in [4.69, 9.17) is 9.47 Å². The van der Waals surface area contributed by atoms with Gasteiger partial charge in [0.1, 0.15) is 5.75 Å². The summed E-state index contributed by atoms with van der Waals surface area (Å²) in [4.78, 5) is 18.8. The van der Waals surface area contributed by atoms with Gasteiger partial charge in [-0.25, -0.2) is 4.68 Å². The van der Waals surface area contributed by atoms with E-state index < -0.39 is 0 Å². The molecule has 0 unspecified atom stereocenters. The molecule has 1 N–H and O–H groups in total. The second kappa shape index (κ2) is 12.1. The van der Waals surface area contributed by atoms with Crippen molar-refractivity contribution in [2.75, 3.05) is 13.7 Å². The fourth-order valence-electron chi connectivity index (χ4n) is 5.50. The summed E-state index contributed by atoms with van der Waals surface area (Å²) in [6, 6.07) is 14.1. The molecule has 1 fully saturated rings. The first-order chi connectivity index (χ1) is 19.0. The van der Waals surface area contributed by atoms with Crippen LogP contribution in [0.25, 0.3) is 10.9 Å². The lowest BCUT2D eigenvalue weighted by Gasteiger charge is -2.31. The summed E-state index contributed by atoms with van der Waals surface area (Å²) < 4.78 is 13.5. The highest BCUT2D eigenvalue weighted by Gasteiger charge is 2.29. The van der Waals surface area contributed by atoms with Gasteiger partial charge in [-0.15, -0.1) is 5.10 Å². The van der Waals surface area contributed by atoms with Gasteiger partial charge in [0, 0.05) is 36.3 Å². The number of hydrogen-bond acceptors (Lipinski definition) is 7.